The number of carbonyl (C=O) groups is 1. The van der Waals surface area contributed by atoms with Crippen LogP contribution in [0.15, 0.2) is 28.5 Å². The van der Waals surface area contributed by atoms with Gasteiger partial charge in [-0.1, -0.05) is 17.8 Å². The van der Waals surface area contributed by atoms with Crippen molar-refractivity contribution in [1.82, 2.24) is 24.4 Å². The Morgan fingerprint density at radius 3 is 2.70 bits per heavy atom. The number of fused-ring (bicyclic) bond motifs is 1. The molecule has 1 aromatic carbocycles. The van der Waals surface area contributed by atoms with Crippen LogP contribution >= 0.6 is 11.8 Å². The molecule has 4 rings (SSSR count). The summed E-state index contributed by atoms with van der Waals surface area (Å²) in [6, 6.07) is 4.39. The number of aliphatic hydroxyl groups excluding tert-OH is 1. The number of aldehydes is 1. The molecule has 8 nitrogen and oxygen atoms in total. The topological polar surface area (TPSA) is 111 Å². The van der Waals surface area contributed by atoms with Crippen LogP contribution in [-0.2, 0) is 11.3 Å². The number of aliphatic hydroxyl groups is 1. The van der Waals surface area contributed by atoms with E-state index in [9.17, 15) is 9.90 Å². The number of hydrogen-bond acceptors (Lipinski definition) is 7. The molecule has 9 heteroatoms. The molecule has 1 saturated heterocycles. The van der Waals surface area contributed by atoms with Crippen molar-refractivity contribution in [2.75, 3.05) is 19.6 Å². The fourth-order valence-electron chi connectivity index (χ4n) is 4.41. The van der Waals surface area contributed by atoms with E-state index >= 15 is 0 Å². The van der Waals surface area contributed by atoms with Gasteiger partial charge in [0.1, 0.15) is 17.9 Å². The van der Waals surface area contributed by atoms with Crippen molar-refractivity contribution in [1.29, 1.82) is 5.41 Å². The molecular formula is C24H32N6O2S. The smallest absolute Gasteiger partial charge is 0.173 e. The molecule has 0 aliphatic carbocycles. The lowest BCUT2D eigenvalue weighted by molar-refractivity contribution is -0.115. The highest BCUT2D eigenvalue weighted by Gasteiger charge is 2.21. The van der Waals surface area contributed by atoms with E-state index in [2.05, 4.69) is 47.8 Å². The fourth-order valence-corrected chi connectivity index (χ4v) is 5.36. The number of aryl methyl sites for hydroxylation is 4. The zero-order valence-corrected chi connectivity index (χ0v) is 20.3. The lowest BCUT2D eigenvalue weighted by atomic mass is 9.93. The number of rotatable bonds is 8. The van der Waals surface area contributed by atoms with Crippen LogP contribution in [-0.4, -0.2) is 61.5 Å². The second-order valence-electron chi connectivity index (χ2n) is 9.07. The van der Waals surface area contributed by atoms with E-state index in [1.54, 1.807) is 18.1 Å². The van der Waals surface area contributed by atoms with Crippen LogP contribution in [0.2, 0.25) is 0 Å². The molecule has 0 amide bonds. The van der Waals surface area contributed by atoms with Crippen molar-refractivity contribution in [2.24, 2.45) is 5.92 Å². The summed E-state index contributed by atoms with van der Waals surface area (Å²) in [6.07, 6.45) is 4.54. The summed E-state index contributed by atoms with van der Waals surface area (Å²) in [5.41, 5.74) is 5.39. The summed E-state index contributed by atoms with van der Waals surface area (Å²) in [5.74, 6) is 0.582. The van der Waals surface area contributed by atoms with E-state index in [0.717, 1.165) is 54.6 Å². The van der Waals surface area contributed by atoms with Crippen LogP contribution in [0.1, 0.15) is 36.0 Å². The highest BCUT2D eigenvalue weighted by molar-refractivity contribution is 7.99. The Morgan fingerprint density at radius 2 is 1.97 bits per heavy atom. The lowest BCUT2D eigenvalue weighted by Crippen LogP contribution is -2.39. The largest absolute Gasteiger partial charge is 0.384 e. The quantitative estimate of drug-likeness (QED) is 0.438. The van der Waals surface area contributed by atoms with Crippen molar-refractivity contribution in [3.05, 3.63) is 40.6 Å². The van der Waals surface area contributed by atoms with Crippen LogP contribution in [0.5, 0.6) is 0 Å². The average Bonchev–Trinajstić information content (AvgIpc) is 3.23. The normalized spacial score (nSPS) is 16.4. The predicted molar refractivity (Wildman–Crippen MR) is 128 cm³/mol. The Kier molecular flexibility index (Phi) is 7.31. The fraction of sp³-hybridized carbons (Fsp3) is 0.500. The van der Waals surface area contributed by atoms with Gasteiger partial charge in [0.25, 0.3) is 0 Å². The predicted octanol–water partition coefficient (Wildman–Crippen LogP) is 2.98. The van der Waals surface area contributed by atoms with E-state index in [-0.39, 0.29) is 5.49 Å². The van der Waals surface area contributed by atoms with E-state index in [4.69, 9.17) is 10.4 Å². The van der Waals surface area contributed by atoms with Gasteiger partial charge in [0.15, 0.2) is 16.3 Å². The van der Waals surface area contributed by atoms with E-state index in [0.29, 0.717) is 24.3 Å². The molecule has 176 valence electrons. The van der Waals surface area contributed by atoms with Crippen molar-refractivity contribution >= 4 is 29.2 Å². The monoisotopic (exact) mass is 468 g/mol. The second-order valence-corrected chi connectivity index (χ2v) is 10.1. The molecule has 3 N–H and O–H groups in total. The maximum absolute atomic E-state index is 10.7. The number of H-pyrrole nitrogens is 1. The Hall–Kier alpha value is -2.49. The number of benzene rings is 1. The molecular weight excluding hydrogens is 436 g/mol. The molecule has 0 spiro atoms. The minimum atomic E-state index is -0.890. The number of aromatic amines is 1. The molecule has 1 atom stereocenters. The molecule has 1 unspecified atom stereocenters. The number of nitrogens with zero attached hydrogens (tertiary/aromatic N) is 4. The second kappa shape index (κ2) is 10.2. The zero-order chi connectivity index (χ0) is 23.5. The van der Waals surface area contributed by atoms with Crippen LogP contribution in [0, 0.1) is 32.1 Å². The molecule has 2 aromatic heterocycles. The van der Waals surface area contributed by atoms with Gasteiger partial charge in [-0.25, -0.2) is 9.97 Å². The molecule has 1 aliphatic rings. The van der Waals surface area contributed by atoms with Crippen LogP contribution in [0.3, 0.4) is 0 Å². The van der Waals surface area contributed by atoms with Gasteiger partial charge in [0.05, 0.1) is 6.33 Å². The number of carbonyl (C=O) groups excluding carboxylic acids is 1. The van der Waals surface area contributed by atoms with E-state index in [1.165, 1.54) is 16.7 Å². The summed E-state index contributed by atoms with van der Waals surface area (Å²) in [4.78, 5) is 26.4. The zero-order valence-electron chi connectivity index (χ0n) is 19.5. The van der Waals surface area contributed by atoms with Crippen molar-refractivity contribution in [3.63, 3.8) is 0 Å². The summed E-state index contributed by atoms with van der Waals surface area (Å²) >= 11 is 1.59. The molecule has 3 aromatic rings. The molecule has 3 heterocycles. The highest BCUT2D eigenvalue weighted by atomic mass is 32.2. The number of likely N-dealkylation sites (tertiary alicyclic amines) is 1. The first-order chi connectivity index (χ1) is 15.8. The van der Waals surface area contributed by atoms with Gasteiger partial charge in [-0.2, -0.15) is 0 Å². The van der Waals surface area contributed by atoms with Gasteiger partial charge in [0, 0.05) is 18.0 Å². The SMILES string of the molecule is Cc1cc(C)c(Sc2nc3c([nH]2)c(=N)ncn3CCC2CCN(CC(O)C=O)CC2)cc1C. The van der Waals surface area contributed by atoms with Crippen molar-refractivity contribution < 1.29 is 9.90 Å². The summed E-state index contributed by atoms with van der Waals surface area (Å²) in [6.45, 7) is 9.37. The number of nitrogens with one attached hydrogen (secondary N) is 2. The molecule has 0 saturated carbocycles. The van der Waals surface area contributed by atoms with Crippen molar-refractivity contribution in [2.45, 2.75) is 62.7 Å². The Bertz CT molecular complexity index is 1200. The van der Waals surface area contributed by atoms with Crippen LogP contribution < -0.4 is 5.49 Å². The third kappa shape index (κ3) is 5.54. The van der Waals surface area contributed by atoms with Gasteiger partial charge in [-0.15, -0.1) is 0 Å². The minimum Gasteiger partial charge on any atom is -0.384 e. The van der Waals surface area contributed by atoms with Gasteiger partial charge < -0.3 is 24.4 Å². The molecule has 1 aliphatic heterocycles. The van der Waals surface area contributed by atoms with Gasteiger partial charge in [-0.05, 0) is 81.8 Å². The van der Waals surface area contributed by atoms with E-state index < -0.39 is 6.10 Å². The molecule has 0 radical (unpaired) electrons. The number of imidazole rings is 1. The molecule has 0 bridgehead atoms. The highest BCUT2D eigenvalue weighted by Crippen LogP contribution is 2.31. The maximum Gasteiger partial charge on any atom is 0.173 e. The minimum absolute atomic E-state index is 0.208. The first-order valence-corrected chi connectivity index (χ1v) is 12.3. The number of β-amino-alcohol motifs (C(OH)–C–C–N with tert-alkyl or cyclic N) is 1. The van der Waals surface area contributed by atoms with Crippen LogP contribution in [0.25, 0.3) is 11.2 Å². The van der Waals surface area contributed by atoms with Crippen molar-refractivity contribution in [3.8, 4) is 0 Å². The van der Waals surface area contributed by atoms with Gasteiger partial charge in [0.2, 0.25) is 0 Å². The summed E-state index contributed by atoms with van der Waals surface area (Å²) in [7, 11) is 0. The number of aromatic nitrogens is 4. The van der Waals surface area contributed by atoms with Gasteiger partial charge in [-0.3, -0.25) is 5.41 Å². The van der Waals surface area contributed by atoms with Crippen LogP contribution in [0.4, 0.5) is 0 Å². The molecule has 33 heavy (non-hydrogen) atoms. The number of hydrogen-bond donors (Lipinski definition) is 3. The third-order valence-corrected chi connectivity index (χ3v) is 7.63. The average molecular weight is 469 g/mol. The van der Waals surface area contributed by atoms with Gasteiger partial charge >= 0.3 is 0 Å². The Labute approximate surface area is 198 Å². The maximum atomic E-state index is 10.7. The first-order valence-electron chi connectivity index (χ1n) is 11.4. The summed E-state index contributed by atoms with van der Waals surface area (Å²) in [5, 5.41) is 18.5. The molecule has 1 fully saturated rings. The first kappa shape index (κ1) is 23.7. The standard InChI is InChI=1S/C24H32N6O2S/c1-15-10-17(3)20(11-16(15)2)33-24-27-21-22(25)26-14-30(23(21)28-24)9-6-18-4-7-29(8-5-18)12-19(32)13-31/h10-11,13-14,18-19,25,32H,4-9,12H2,1-3H3,(H,27,28). The number of piperidine rings is 1. The third-order valence-electron chi connectivity index (χ3n) is 6.58. The Morgan fingerprint density at radius 1 is 1.24 bits per heavy atom. The van der Waals surface area contributed by atoms with E-state index in [1.807, 2.05) is 4.57 Å². The summed E-state index contributed by atoms with van der Waals surface area (Å²) < 4.78 is 2.05. The Balaban J connectivity index is 1.45. The lowest BCUT2D eigenvalue weighted by Gasteiger charge is -2.32.